The average Bonchev–Trinajstić information content (AvgIpc) is 2.82. The number of nitrogens with zero attached hydrogens (tertiary/aromatic N) is 4. The van der Waals surface area contributed by atoms with Crippen LogP contribution in [0.4, 0.5) is 5.69 Å². The van der Waals surface area contributed by atoms with E-state index < -0.39 is 4.92 Å². The summed E-state index contributed by atoms with van der Waals surface area (Å²) in [6.45, 7) is 2.57. The summed E-state index contributed by atoms with van der Waals surface area (Å²) in [7, 11) is 1.69. The number of hydrogen-bond donors (Lipinski definition) is 1. The standard InChI is InChI=1S/C10H17N5O3.ClH/c1-8(5-11)13(2)10(16)3-4-14-7-9(6-12-14)15(17)18;/h6-8H,3-5,11H2,1-2H3;1H. The lowest BCUT2D eigenvalue weighted by Gasteiger charge is -2.23. The Balaban J connectivity index is 0.00000324. The Morgan fingerprint density at radius 2 is 2.32 bits per heavy atom. The van der Waals surface area contributed by atoms with Crippen LogP contribution in [0.15, 0.2) is 12.4 Å². The van der Waals surface area contributed by atoms with Gasteiger partial charge in [-0.3, -0.25) is 19.6 Å². The zero-order chi connectivity index (χ0) is 13.7. The van der Waals surface area contributed by atoms with Crippen molar-refractivity contribution in [1.29, 1.82) is 0 Å². The minimum Gasteiger partial charge on any atom is -0.342 e. The van der Waals surface area contributed by atoms with E-state index in [2.05, 4.69) is 5.10 Å². The number of aromatic nitrogens is 2. The van der Waals surface area contributed by atoms with Gasteiger partial charge in [0.1, 0.15) is 12.4 Å². The molecule has 0 aliphatic rings. The van der Waals surface area contributed by atoms with Crippen molar-refractivity contribution in [1.82, 2.24) is 14.7 Å². The Morgan fingerprint density at radius 1 is 1.68 bits per heavy atom. The zero-order valence-electron chi connectivity index (χ0n) is 10.9. The number of carbonyl (C=O) groups is 1. The van der Waals surface area contributed by atoms with Gasteiger partial charge in [0.15, 0.2) is 0 Å². The molecule has 0 spiro atoms. The van der Waals surface area contributed by atoms with Crippen molar-refractivity contribution in [2.24, 2.45) is 5.73 Å². The van der Waals surface area contributed by atoms with E-state index >= 15 is 0 Å². The summed E-state index contributed by atoms with van der Waals surface area (Å²) in [5.74, 6) is -0.0638. The highest BCUT2D eigenvalue weighted by Crippen LogP contribution is 2.08. The van der Waals surface area contributed by atoms with E-state index in [1.165, 1.54) is 10.9 Å². The van der Waals surface area contributed by atoms with E-state index in [4.69, 9.17) is 5.73 Å². The van der Waals surface area contributed by atoms with Crippen LogP contribution in [0.25, 0.3) is 0 Å². The summed E-state index contributed by atoms with van der Waals surface area (Å²) in [4.78, 5) is 23.3. The van der Waals surface area contributed by atoms with Crippen molar-refractivity contribution in [2.75, 3.05) is 13.6 Å². The first-order valence-corrected chi connectivity index (χ1v) is 5.58. The Kier molecular flexibility index (Phi) is 7.02. The van der Waals surface area contributed by atoms with Gasteiger partial charge in [-0.25, -0.2) is 0 Å². The van der Waals surface area contributed by atoms with Crippen LogP contribution in [0, 0.1) is 10.1 Å². The number of rotatable bonds is 6. The normalized spacial score (nSPS) is 11.5. The van der Waals surface area contributed by atoms with Gasteiger partial charge in [0.2, 0.25) is 5.91 Å². The molecule has 0 fully saturated rings. The van der Waals surface area contributed by atoms with Gasteiger partial charge < -0.3 is 10.6 Å². The van der Waals surface area contributed by atoms with Crippen molar-refractivity contribution in [3.8, 4) is 0 Å². The lowest BCUT2D eigenvalue weighted by atomic mass is 10.2. The Labute approximate surface area is 117 Å². The van der Waals surface area contributed by atoms with E-state index in [-0.39, 0.29) is 36.5 Å². The molecule has 0 aliphatic carbocycles. The second-order valence-electron chi connectivity index (χ2n) is 4.06. The molecule has 0 saturated heterocycles. The second kappa shape index (κ2) is 7.70. The molecule has 1 rings (SSSR count). The number of amides is 1. The topological polar surface area (TPSA) is 107 Å². The predicted octanol–water partition coefficient (Wildman–Crippen LogP) is 0.409. The molecule has 19 heavy (non-hydrogen) atoms. The Bertz CT molecular complexity index is 437. The van der Waals surface area contributed by atoms with Gasteiger partial charge in [0.25, 0.3) is 0 Å². The second-order valence-corrected chi connectivity index (χ2v) is 4.06. The van der Waals surface area contributed by atoms with Crippen LogP contribution in [0.3, 0.4) is 0 Å². The lowest BCUT2D eigenvalue weighted by Crippen LogP contribution is -2.40. The first-order valence-electron chi connectivity index (χ1n) is 5.58. The van der Waals surface area contributed by atoms with Gasteiger partial charge in [-0.15, -0.1) is 12.4 Å². The predicted molar refractivity (Wildman–Crippen MR) is 72.0 cm³/mol. The Morgan fingerprint density at radius 3 is 2.79 bits per heavy atom. The van der Waals surface area contributed by atoms with Crippen LogP contribution in [0.2, 0.25) is 0 Å². The van der Waals surface area contributed by atoms with Gasteiger partial charge in [-0.2, -0.15) is 5.10 Å². The van der Waals surface area contributed by atoms with Crippen molar-refractivity contribution in [3.63, 3.8) is 0 Å². The minimum absolute atomic E-state index is 0. The highest BCUT2D eigenvalue weighted by molar-refractivity contribution is 5.85. The molecular formula is C10H18ClN5O3. The van der Waals surface area contributed by atoms with Gasteiger partial charge in [0, 0.05) is 32.6 Å². The van der Waals surface area contributed by atoms with Crippen LogP contribution in [-0.4, -0.2) is 45.1 Å². The number of halogens is 1. The fourth-order valence-electron chi connectivity index (χ4n) is 1.36. The summed E-state index contributed by atoms with van der Waals surface area (Å²) >= 11 is 0. The molecule has 1 unspecified atom stereocenters. The largest absolute Gasteiger partial charge is 0.342 e. The van der Waals surface area contributed by atoms with Crippen molar-refractivity contribution < 1.29 is 9.72 Å². The smallest absolute Gasteiger partial charge is 0.306 e. The summed E-state index contributed by atoms with van der Waals surface area (Å²) in [6, 6.07) is -0.0237. The van der Waals surface area contributed by atoms with Gasteiger partial charge in [-0.1, -0.05) is 0 Å². The minimum atomic E-state index is -0.520. The van der Waals surface area contributed by atoms with E-state index in [9.17, 15) is 14.9 Å². The monoisotopic (exact) mass is 291 g/mol. The van der Waals surface area contributed by atoms with Crippen molar-refractivity contribution >= 4 is 24.0 Å². The molecule has 0 radical (unpaired) electrons. The molecule has 1 atom stereocenters. The molecule has 1 aromatic rings. The van der Waals surface area contributed by atoms with E-state index in [0.29, 0.717) is 13.1 Å². The van der Waals surface area contributed by atoms with Crippen molar-refractivity contribution in [3.05, 3.63) is 22.5 Å². The molecule has 9 heteroatoms. The third kappa shape index (κ3) is 4.84. The fraction of sp³-hybridized carbons (Fsp3) is 0.600. The van der Waals surface area contributed by atoms with E-state index in [0.717, 1.165) is 6.20 Å². The van der Waals surface area contributed by atoms with E-state index in [1.54, 1.807) is 11.9 Å². The van der Waals surface area contributed by atoms with Crippen LogP contribution < -0.4 is 5.73 Å². The number of aryl methyl sites for hydroxylation is 1. The molecule has 1 amide bonds. The molecular weight excluding hydrogens is 274 g/mol. The maximum atomic E-state index is 11.8. The molecule has 8 nitrogen and oxygen atoms in total. The number of nitro groups is 1. The SMILES string of the molecule is CC(CN)N(C)C(=O)CCn1cc([N+](=O)[O-])cn1.Cl. The fourth-order valence-corrected chi connectivity index (χ4v) is 1.36. The lowest BCUT2D eigenvalue weighted by molar-refractivity contribution is -0.385. The summed E-state index contributed by atoms with van der Waals surface area (Å²) < 4.78 is 1.39. The Hall–Kier alpha value is -1.67. The number of nitrogens with two attached hydrogens (primary N) is 1. The third-order valence-electron chi connectivity index (χ3n) is 2.78. The number of hydrogen-bond acceptors (Lipinski definition) is 5. The first-order chi connectivity index (χ1) is 8.45. The van der Waals surface area contributed by atoms with Gasteiger partial charge in [0.05, 0.1) is 4.92 Å². The summed E-state index contributed by atoms with van der Waals surface area (Å²) in [5.41, 5.74) is 5.39. The highest BCUT2D eigenvalue weighted by atomic mass is 35.5. The zero-order valence-corrected chi connectivity index (χ0v) is 11.7. The molecule has 0 bridgehead atoms. The number of carbonyl (C=O) groups excluding carboxylic acids is 1. The third-order valence-corrected chi connectivity index (χ3v) is 2.78. The molecule has 0 aromatic carbocycles. The van der Waals surface area contributed by atoms with Crippen LogP contribution >= 0.6 is 12.4 Å². The molecule has 1 aromatic heterocycles. The molecule has 1 heterocycles. The van der Waals surface area contributed by atoms with Crippen LogP contribution in [-0.2, 0) is 11.3 Å². The maximum absolute atomic E-state index is 11.8. The summed E-state index contributed by atoms with van der Waals surface area (Å²) in [5, 5.41) is 14.3. The maximum Gasteiger partial charge on any atom is 0.306 e. The van der Waals surface area contributed by atoms with Crippen molar-refractivity contribution in [2.45, 2.75) is 25.9 Å². The molecule has 0 aliphatic heterocycles. The quantitative estimate of drug-likeness (QED) is 0.603. The first kappa shape index (κ1) is 17.3. The average molecular weight is 292 g/mol. The molecule has 2 N–H and O–H groups in total. The van der Waals surface area contributed by atoms with Gasteiger partial charge in [-0.05, 0) is 6.92 Å². The molecule has 108 valence electrons. The molecule has 0 saturated carbocycles. The van der Waals surface area contributed by atoms with Gasteiger partial charge >= 0.3 is 5.69 Å². The van der Waals surface area contributed by atoms with E-state index in [1.807, 2.05) is 6.92 Å². The highest BCUT2D eigenvalue weighted by Gasteiger charge is 2.15. The van der Waals surface area contributed by atoms with Crippen LogP contribution in [0.5, 0.6) is 0 Å². The summed E-state index contributed by atoms with van der Waals surface area (Å²) in [6.07, 6.45) is 2.70. The number of likely N-dealkylation sites (N-methyl/N-ethyl adjacent to an activating group) is 1. The van der Waals surface area contributed by atoms with Crippen LogP contribution in [0.1, 0.15) is 13.3 Å².